The van der Waals surface area contributed by atoms with Crippen molar-refractivity contribution < 1.29 is 23.5 Å². The standard InChI is InChI=1S/C15H19FN4O4/c1-2-18-13(14(17)22)15(23)19-9-3-4-11(10(16)7-9)20-5-6-24-8-12(20)21/h3-4,7,13,18H,2,5-6,8H2,1H3,(H2,17,22)(H,19,23)/t13-/m1/s1. The number of carbonyl (C=O) groups is 3. The number of amides is 3. The van der Waals surface area contributed by atoms with Gasteiger partial charge in [0.05, 0.1) is 12.3 Å². The van der Waals surface area contributed by atoms with Crippen LogP contribution in [0.1, 0.15) is 6.92 Å². The summed E-state index contributed by atoms with van der Waals surface area (Å²) in [7, 11) is 0. The fourth-order valence-corrected chi connectivity index (χ4v) is 2.32. The molecule has 130 valence electrons. The molecule has 1 aliphatic heterocycles. The van der Waals surface area contributed by atoms with E-state index >= 15 is 0 Å². The highest BCUT2D eigenvalue weighted by molar-refractivity contribution is 6.09. The van der Waals surface area contributed by atoms with Gasteiger partial charge in [0.2, 0.25) is 5.91 Å². The number of benzene rings is 1. The van der Waals surface area contributed by atoms with Crippen molar-refractivity contribution >= 4 is 29.1 Å². The third kappa shape index (κ3) is 4.06. The smallest absolute Gasteiger partial charge is 0.253 e. The summed E-state index contributed by atoms with van der Waals surface area (Å²) in [6.45, 7) is 2.57. The monoisotopic (exact) mass is 338 g/mol. The number of ether oxygens (including phenoxy) is 1. The van der Waals surface area contributed by atoms with Crippen LogP contribution in [0.15, 0.2) is 18.2 Å². The van der Waals surface area contributed by atoms with Crippen LogP contribution < -0.4 is 21.3 Å². The Kier molecular flexibility index (Phi) is 5.83. The van der Waals surface area contributed by atoms with E-state index in [-0.39, 0.29) is 30.4 Å². The van der Waals surface area contributed by atoms with E-state index < -0.39 is 23.7 Å². The quantitative estimate of drug-likeness (QED) is 0.610. The highest BCUT2D eigenvalue weighted by Crippen LogP contribution is 2.24. The second-order valence-electron chi connectivity index (χ2n) is 5.15. The molecule has 1 aromatic carbocycles. The number of primary amides is 1. The number of hydrogen-bond donors (Lipinski definition) is 3. The third-order valence-electron chi connectivity index (χ3n) is 3.45. The molecule has 1 heterocycles. The molecule has 1 aliphatic rings. The van der Waals surface area contributed by atoms with Crippen LogP contribution in [0.25, 0.3) is 0 Å². The van der Waals surface area contributed by atoms with Gasteiger partial charge >= 0.3 is 0 Å². The van der Waals surface area contributed by atoms with Gasteiger partial charge in [-0.25, -0.2) is 4.39 Å². The third-order valence-corrected chi connectivity index (χ3v) is 3.45. The Labute approximate surface area is 138 Å². The zero-order valence-electron chi connectivity index (χ0n) is 13.2. The van der Waals surface area contributed by atoms with E-state index in [1.807, 2.05) is 0 Å². The number of likely N-dealkylation sites (N-methyl/N-ethyl adjacent to an activating group) is 1. The van der Waals surface area contributed by atoms with E-state index in [9.17, 15) is 18.8 Å². The number of nitrogens with zero attached hydrogens (tertiary/aromatic N) is 1. The molecule has 0 aromatic heterocycles. The van der Waals surface area contributed by atoms with Gasteiger partial charge in [-0.05, 0) is 24.7 Å². The second kappa shape index (κ2) is 7.84. The van der Waals surface area contributed by atoms with Crippen molar-refractivity contribution in [1.82, 2.24) is 5.32 Å². The molecular formula is C15H19FN4O4. The molecule has 4 N–H and O–H groups in total. The van der Waals surface area contributed by atoms with Gasteiger partial charge in [-0.15, -0.1) is 0 Å². The summed E-state index contributed by atoms with van der Waals surface area (Å²) in [5.41, 5.74) is 5.42. The first-order chi connectivity index (χ1) is 11.4. The Morgan fingerprint density at radius 1 is 1.46 bits per heavy atom. The molecule has 2 rings (SSSR count). The van der Waals surface area contributed by atoms with E-state index in [2.05, 4.69) is 10.6 Å². The van der Waals surface area contributed by atoms with E-state index in [0.29, 0.717) is 13.2 Å². The normalized spacial score (nSPS) is 15.9. The lowest BCUT2D eigenvalue weighted by atomic mass is 10.2. The van der Waals surface area contributed by atoms with Crippen molar-refractivity contribution in [3.05, 3.63) is 24.0 Å². The Morgan fingerprint density at radius 3 is 2.79 bits per heavy atom. The molecule has 1 atom stereocenters. The van der Waals surface area contributed by atoms with Crippen LogP contribution >= 0.6 is 0 Å². The number of rotatable bonds is 6. The average Bonchev–Trinajstić information content (AvgIpc) is 2.53. The summed E-state index contributed by atoms with van der Waals surface area (Å²) in [6, 6.07) is 2.71. The fraction of sp³-hybridized carbons (Fsp3) is 0.400. The molecule has 1 fully saturated rings. The molecule has 9 heteroatoms. The molecule has 0 bridgehead atoms. The van der Waals surface area contributed by atoms with E-state index in [0.717, 1.165) is 6.07 Å². The number of hydrogen-bond acceptors (Lipinski definition) is 5. The maximum absolute atomic E-state index is 14.3. The second-order valence-corrected chi connectivity index (χ2v) is 5.15. The summed E-state index contributed by atoms with van der Waals surface area (Å²) in [4.78, 5) is 36.3. The SMILES string of the molecule is CCN[C@H](C(N)=O)C(=O)Nc1ccc(N2CCOCC2=O)c(F)c1. The Bertz CT molecular complexity index is 652. The number of carbonyl (C=O) groups excluding carboxylic acids is 3. The van der Waals surface area contributed by atoms with Crippen molar-refractivity contribution in [1.29, 1.82) is 0 Å². The zero-order chi connectivity index (χ0) is 17.7. The lowest BCUT2D eigenvalue weighted by molar-refractivity contribution is -0.128. The summed E-state index contributed by atoms with van der Waals surface area (Å²) in [5, 5.41) is 5.06. The Hall–Kier alpha value is -2.52. The molecule has 3 amide bonds. The first kappa shape index (κ1) is 17.8. The minimum absolute atomic E-state index is 0.0963. The average molecular weight is 338 g/mol. The lowest BCUT2D eigenvalue weighted by Gasteiger charge is -2.27. The maximum Gasteiger partial charge on any atom is 0.253 e. The van der Waals surface area contributed by atoms with Gasteiger partial charge in [0.15, 0.2) is 6.04 Å². The van der Waals surface area contributed by atoms with Crippen molar-refractivity contribution in [2.45, 2.75) is 13.0 Å². The number of halogens is 1. The van der Waals surface area contributed by atoms with Gasteiger partial charge in [-0.3, -0.25) is 19.7 Å². The maximum atomic E-state index is 14.3. The van der Waals surface area contributed by atoms with Gasteiger partial charge < -0.3 is 20.7 Å². The van der Waals surface area contributed by atoms with Crippen molar-refractivity contribution in [3.8, 4) is 0 Å². The van der Waals surface area contributed by atoms with E-state index in [4.69, 9.17) is 10.5 Å². The summed E-state index contributed by atoms with van der Waals surface area (Å²) in [6.07, 6.45) is 0. The number of morpholine rings is 1. The largest absolute Gasteiger partial charge is 0.370 e. The van der Waals surface area contributed by atoms with Crippen molar-refractivity contribution in [2.75, 3.05) is 36.5 Å². The highest BCUT2D eigenvalue weighted by atomic mass is 19.1. The van der Waals surface area contributed by atoms with Crippen LogP contribution in [0.2, 0.25) is 0 Å². The van der Waals surface area contributed by atoms with Crippen LogP contribution in [0.3, 0.4) is 0 Å². The molecular weight excluding hydrogens is 319 g/mol. The number of nitrogens with one attached hydrogen (secondary N) is 2. The van der Waals surface area contributed by atoms with Crippen molar-refractivity contribution in [3.63, 3.8) is 0 Å². The lowest BCUT2D eigenvalue weighted by Crippen LogP contribution is -2.49. The van der Waals surface area contributed by atoms with Crippen molar-refractivity contribution in [2.24, 2.45) is 5.73 Å². The van der Waals surface area contributed by atoms with Crippen LogP contribution in [-0.2, 0) is 19.1 Å². The number of anilines is 2. The number of nitrogens with two attached hydrogens (primary N) is 1. The van der Waals surface area contributed by atoms with E-state index in [1.54, 1.807) is 6.92 Å². The van der Waals surface area contributed by atoms with Crippen LogP contribution in [0, 0.1) is 5.82 Å². The van der Waals surface area contributed by atoms with Crippen LogP contribution in [0.5, 0.6) is 0 Å². The molecule has 24 heavy (non-hydrogen) atoms. The van der Waals surface area contributed by atoms with Gasteiger partial charge in [-0.2, -0.15) is 0 Å². The molecule has 0 unspecified atom stereocenters. The fourth-order valence-electron chi connectivity index (χ4n) is 2.32. The predicted octanol–water partition coefficient (Wildman–Crippen LogP) is -0.409. The Morgan fingerprint density at radius 2 is 2.21 bits per heavy atom. The molecule has 0 spiro atoms. The first-order valence-electron chi connectivity index (χ1n) is 7.45. The molecule has 1 saturated heterocycles. The molecule has 0 radical (unpaired) electrons. The van der Waals surface area contributed by atoms with Gasteiger partial charge in [-0.1, -0.05) is 6.92 Å². The highest BCUT2D eigenvalue weighted by Gasteiger charge is 2.25. The topological polar surface area (TPSA) is 114 Å². The Balaban J connectivity index is 2.13. The minimum atomic E-state index is -1.21. The molecule has 0 saturated carbocycles. The minimum Gasteiger partial charge on any atom is -0.370 e. The first-order valence-corrected chi connectivity index (χ1v) is 7.45. The van der Waals surface area contributed by atoms with Gasteiger partial charge in [0, 0.05) is 12.2 Å². The molecule has 8 nitrogen and oxygen atoms in total. The zero-order valence-corrected chi connectivity index (χ0v) is 13.2. The molecule has 1 aromatic rings. The van der Waals surface area contributed by atoms with E-state index in [1.165, 1.54) is 17.0 Å². The predicted molar refractivity (Wildman–Crippen MR) is 84.9 cm³/mol. The van der Waals surface area contributed by atoms with Crippen LogP contribution in [-0.4, -0.2) is 50.1 Å². The summed E-state index contributed by atoms with van der Waals surface area (Å²) >= 11 is 0. The molecule has 0 aliphatic carbocycles. The summed E-state index contributed by atoms with van der Waals surface area (Å²) < 4.78 is 19.3. The van der Waals surface area contributed by atoms with Gasteiger partial charge in [0.25, 0.3) is 11.8 Å². The van der Waals surface area contributed by atoms with Crippen LogP contribution in [0.4, 0.5) is 15.8 Å². The van der Waals surface area contributed by atoms with Gasteiger partial charge in [0.1, 0.15) is 12.4 Å². The summed E-state index contributed by atoms with van der Waals surface area (Å²) in [5.74, 6) is -2.51.